The van der Waals surface area contributed by atoms with E-state index in [4.69, 9.17) is 29.4 Å². The van der Waals surface area contributed by atoms with Crippen LogP contribution in [-0.4, -0.2) is 60.5 Å². The monoisotopic (exact) mass is 850 g/mol. The van der Waals surface area contributed by atoms with Gasteiger partial charge in [-0.25, -0.2) is 4.57 Å². The van der Waals surface area contributed by atoms with Gasteiger partial charge in [0.05, 0.1) is 19.8 Å². The third-order valence-electron chi connectivity index (χ3n) is 9.45. The van der Waals surface area contributed by atoms with Crippen molar-refractivity contribution in [1.29, 1.82) is 0 Å². The highest BCUT2D eigenvalue weighted by Crippen LogP contribution is 2.43. The van der Waals surface area contributed by atoms with Crippen molar-refractivity contribution in [2.45, 2.75) is 193 Å². The highest BCUT2D eigenvalue weighted by Gasteiger charge is 2.27. The zero-order valence-corrected chi connectivity index (χ0v) is 38.0. The fourth-order valence-electron chi connectivity index (χ4n) is 5.93. The van der Waals surface area contributed by atoms with Crippen LogP contribution in [0.2, 0.25) is 0 Å². The molecule has 0 aromatic carbocycles. The van der Waals surface area contributed by atoms with Gasteiger partial charge in [0.15, 0.2) is 0 Å². The normalized spacial score (nSPS) is 14.5. The highest BCUT2D eigenvalue weighted by atomic mass is 31.2. The van der Waals surface area contributed by atoms with Crippen LogP contribution in [0.15, 0.2) is 72.9 Å². The van der Waals surface area contributed by atoms with E-state index in [0.717, 1.165) is 89.9 Å². The number of carbonyl (C=O) groups excluding carboxylic acids is 1. The number of hydrogen-bond acceptors (Lipinski definition) is 8. The number of carboxylic acids is 1. The van der Waals surface area contributed by atoms with E-state index in [1.54, 1.807) is 0 Å². The van der Waals surface area contributed by atoms with Gasteiger partial charge in [-0.3, -0.25) is 18.6 Å². The molecule has 3 unspecified atom stereocenters. The molecule has 0 aromatic heterocycles. The Hall–Kier alpha value is -2.59. The second-order valence-corrected chi connectivity index (χ2v) is 16.6. The van der Waals surface area contributed by atoms with E-state index in [1.807, 2.05) is 0 Å². The van der Waals surface area contributed by atoms with E-state index in [-0.39, 0.29) is 13.0 Å². The Morgan fingerprint density at radius 1 is 0.559 bits per heavy atom. The third-order valence-corrected chi connectivity index (χ3v) is 10.4. The van der Waals surface area contributed by atoms with Crippen molar-refractivity contribution in [3.05, 3.63) is 72.9 Å². The molecule has 0 radical (unpaired) electrons. The zero-order valence-electron chi connectivity index (χ0n) is 37.1. The summed E-state index contributed by atoms with van der Waals surface area (Å²) in [4.78, 5) is 33.6. The lowest BCUT2D eigenvalue weighted by atomic mass is 10.0. The SMILES string of the molecule is CC/C=C\C/C=C\C/C=C\C/C=C\CCCCCCCCCCCCC(=O)OC(COCCCCCCCC/C=C\C/C=C\CCC)COP(=O)(O)OCC(N)C(=O)O. The summed E-state index contributed by atoms with van der Waals surface area (Å²) in [6, 6.07) is -1.48. The molecule has 0 rings (SSSR count). The maximum absolute atomic E-state index is 12.7. The molecule has 0 fully saturated rings. The Balaban J connectivity index is 4.19. The minimum absolute atomic E-state index is 0.00474. The maximum Gasteiger partial charge on any atom is 0.472 e. The van der Waals surface area contributed by atoms with Crippen LogP contribution >= 0.6 is 7.82 Å². The van der Waals surface area contributed by atoms with Gasteiger partial charge >= 0.3 is 19.8 Å². The second kappa shape index (κ2) is 43.5. The van der Waals surface area contributed by atoms with E-state index < -0.39 is 45.1 Å². The number of phosphoric acid groups is 1. The lowest BCUT2D eigenvalue weighted by Crippen LogP contribution is -2.34. The molecule has 0 bridgehead atoms. The summed E-state index contributed by atoms with van der Waals surface area (Å²) in [5.74, 6) is -1.79. The van der Waals surface area contributed by atoms with Gasteiger partial charge in [-0.1, -0.05) is 170 Å². The number of hydrogen-bond donors (Lipinski definition) is 3. The Kier molecular flexibility index (Phi) is 41.6. The molecule has 0 aliphatic heterocycles. The van der Waals surface area contributed by atoms with Crippen LogP contribution in [0.1, 0.15) is 181 Å². The number of aliphatic carboxylic acids is 1. The van der Waals surface area contributed by atoms with Gasteiger partial charge in [-0.05, 0) is 77.0 Å². The van der Waals surface area contributed by atoms with Crippen molar-refractivity contribution < 1.29 is 42.7 Å². The van der Waals surface area contributed by atoms with Crippen LogP contribution in [0.3, 0.4) is 0 Å². The first-order chi connectivity index (χ1) is 28.7. The molecule has 0 aromatic rings. The van der Waals surface area contributed by atoms with Crippen LogP contribution in [0.4, 0.5) is 0 Å². The van der Waals surface area contributed by atoms with Crippen molar-refractivity contribution in [2.75, 3.05) is 26.4 Å². The molecule has 0 amide bonds. The molecule has 3 atom stereocenters. The molecule has 4 N–H and O–H groups in total. The summed E-state index contributed by atoms with van der Waals surface area (Å²) < 4.78 is 33.4. The summed E-state index contributed by atoms with van der Waals surface area (Å²) in [5, 5.41) is 8.90. The number of carbonyl (C=O) groups is 2. The third kappa shape index (κ3) is 43.3. The van der Waals surface area contributed by atoms with E-state index >= 15 is 0 Å². The van der Waals surface area contributed by atoms with Gasteiger partial charge < -0.3 is 25.2 Å². The van der Waals surface area contributed by atoms with Gasteiger partial charge in [0, 0.05) is 13.0 Å². The molecule has 0 saturated heterocycles. The topological polar surface area (TPSA) is 155 Å². The molecule has 11 heteroatoms. The van der Waals surface area contributed by atoms with Crippen molar-refractivity contribution in [2.24, 2.45) is 5.73 Å². The Bertz CT molecular complexity index is 1210. The summed E-state index contributed by atoms with van der Waals surface area (Å²) in [6.07, 6.45) is 53.8. The van der Waals surface area contributed by atoms with E-state index in [9.17, 15) is 19.0 Å². The Labute approximate surface area is 359 Å². The maximum atomic E-state index is 12.7. The largest absolute Gasteiger partial charge is 0.480 e. The molecular weight excluding hydrogens is 766 g/mol. The molecule has 0 aliphatic carbocycles. The van der Waals surface area contributed by atoms with E-state index in [0.29, 0.717) is 13.0 Å². The molecule has 0 heterocycles. The molecule has 10 nitrogen and oxygen atoms in total. The average molecular weight is 850 g/mol. The lowest BCUT2D eigenvalue weighted by molar-refractivity contribution is -0.154. The lowest BCUT2D eigenvalue weighted by Gasteiger charge is -2.20. The summed E-state index contributed by atoms with van der Waals surface area (Å²) in [7, 11) is -4.62. The van der Waals surface area contributed by atoms with Crippen LogP contribution in [0.25, 0.3) is 0 Å². The fourth-order valence-corrected chi connectivity index (χ4v) is 6.70. The number of esters is 1. The highest BCUT2D eigenvalue weighted by molar-refractivity contribution is 7.47. The molecule has 340 valence electrons. The van der Waals surface area contributed by atoms with E-state index in [2.05, 4.69) is 86.8 Å². The van der Waals surface area contributed by atoms with Gasteiger partial charge in [0.1, 0.15) is 12.1 Å². The Morgan fingerprint density at radius 3 is 1.47 bits per heavy atom. The Morgan fingerprint density at radius 2 is 0.983 bits per heavy atom. The second-order valence-electron chi connectivity index (χ2n) is 15.1. The first kappa shape index (κ1) is 56.4. The predicted octanol–water partition coefficient (Wildman–Crippen LogP) is 13.0. The van der Waals surface area contributed by atoms with Crippen LogP contribution < -0.4 is 5.73 Å². The number of ether oxygens (including phenoxy) is 2. The standard InChI is InChI=1S/C48H84NO9P/c1-3-5-7-9-11-13-15-17-19-20-21-22-23-24-25-26-27-28-30-32-34-36-38-40-47(50)58-45(43-56-59(53,54)57-44-46(49)48(51)52)42-55-41-39-37-35-33-31-29-18-16-14-12-10-8-6-4-2/h5,7-8,10-11,13-14,16-17,19,21-22,45-46H,3-4,6,9,12,15,18,20,23-44,49H2,1-2H3,(H,51,52)(H,53,54)/b7-5-,10-8-,13-11-,16-14-,19-17-,22-21-. The first-order valence-corrected chi connectivity index (χ1v) is 24.5. The van der Waals surface area contributed by atoms with Crippen LogP contribution in [-0.2, 0) is 32.7 Å². The summed E-state index contributed by atoms with van der Waals surface area (Å²) >= 11 is 0. The summed E-state index contributed by atoms with van der Waals surface area (Å²) in [5.41, 5.74) is 5.36. The fraction of sp³-hybridized carbons (Fsp3) is 0.708. The van der Waals surface area contributed by atoms with Crippen molar-refractivity contribution >= 4 is 19.8 Å². The van der Waals surface area contributed by atoms with Crippen molar-refractivity contribution in [1.82, 2.24) is 0 Å². The molecule has 0 spiro atoms. The molecule has 0 aliphatic rings. The molecule has 0 saturated carbocycles. The zero-order chi connectivity index (χ0) is 43.3. The molecule has 59 heavy (non-hydrogen) atoms. The smallest absolute Gasteiger partial charge is 0.472 e. The van der Waals surface area contributed by atoms with E-state index in [1.165, 1.54) is 64.2 Å². The first-order valence-electron chi connectivity index (χ1n) is 23.0. The average Bonchev–Trinajstić information content (AvgIpc) is 3.21. The van der Waals surface area contributed by atoms with Crippen LogP contribution in [0.5, 0.6) is 0 Å². The number of allylic oxidation sites excluding steroid dienone is 12. The van der Waals surface area contributed by atoms with Gasteiger partial charge in [0.2, 0.25) is 0 Å². The van der Waals surface area contributed by atoms with Gasteiger partial charge in [-0.15, -0.1) is 0 Å². The number of nitrogens with two attached hydrogens (primary N) is 1. The quantitative estimate of drug-likeness (QED) is 0.0234. The van der Waals surface area contributed by atoms with Crippen molar-refractivity contribution in [3.63, 3.8) is 0 Å². The number of carboxylic acid groups (broad SMARTS) is 1. The summed E-state index contributed by atoms with van der Waals surface area (Å²) in [6.45, 7) is 3.67. The van der Waals surface area contributed by atoms with Crippen LogP contribution in [0, 0.1) is 0 Å². The molecular formula is C48H84NO9P. The number of rotatable bonds is 43. The predicted molar refractivity (Wildman–Crippen MR) is 244 cm³/mol. The number of unbranched alkanes of at least 4 members (excludes halogenated alkanes) is 17. The minimum Gasteiger partial charge on any atom is -0.480 e. The minimum atomic E-state index is -4.62. The van der Waals surface area contributed by atoms with Gasteiger partial charge in [-0.2, -0.15) is 0 Å². The number of phosphoric ester groups is 1. The van der Waals surface area contributed by atoms with Gasteiger partial charge in [0.25, 0.3) is 0 Å². The van der Waals surface area contributed by atoms with Crippen molar-refractivity contribution in [3.8, 4) is 0 Å².